The van der Waals surface area contributed by atoms with Crippen molar-refractivity contribution < 1.29 is 14.8 Å². The lowest BCUT2D eigenvalue weighted by Gasteiger charge is -2.05. The average molecular weight is 407 g/mol. The number of benzene rings is 2. The Hall–Kier alpha value is -2.94. The molecule has 0 bridgehead atoms. The quantitative estimate of drug-likeness (QED) is 0.387. The van der Waals surface area contributed by atoms with Crippen molar-refractivity contribution in [3.63, 3.8) is 0 Å². The number of nitrogens with one attached hydrogen (secondary N) is 2. The third-order valence-corrected chi connectivity index (χ3v) is 3.79. The van der Waals surface area contributed by atoms with E-state index in [1.165, 1.54) is 6.07 Å². The van der Waals surface area contributed by atoms with Crippen molar-refractivity contribution in [3.8, 4) is 5.75 Å². The number of nitrogens with zero attached hydrogens (tertiary/aromatic N) is 2. The number of hydrogen-bond acceptors (Lipinski definition) is 6. The fraction of sp³-hybridized carbons (Fsp3) is 0.125. The third-order valence-electron chi connectivity index (χ3n) is 3.19. The molecule has 130 valence electrons. The lowest BCUT2D eigenvalue weighted by atomic mass is 10.2. The van der Waals surface area contributed by atoms with Gasteiger partial charge in [-0.05, 0) is 35.0 Å². The number of rotatable bonds is 6. The Labute approximate surface area is 151 Å². The van der Waals surface area contributed by atoms with E-state index in [1.807, 2.05) is 31.2 Å². The van der Waals surface area contributed by atoms with Crippen LogP contribution in [-0.2, 0) is 4.79 Å². The number of hydrazone groups is 1. The second-order valence-corrected chi connectivity index (χ2v) is 5.99. The number of amides is 1. The zero-order valence-electron chi connectivity index (χ0n) is 13.2. The SMILES string of the molecule is Cc1ccc(NCC(=O)N/N=C/c2cc([N+](=O)[O-])cc(Br)c2O)cc1. The van der Waals surface area contributed by atoms with E-state index in [4.69, 9.17) is 0 Å². The first-order chi connectivity index (χ1) is 11.9. The summed E-state index contributed by atoms with van der Waals surface area (Å²) in [7, 11) is 0. The maximum atomic E-state index is 11.7. The van der Waals surface area contributed by atoms with Crippen LogP contribution in [0.5, 0.6) is 5.75 Å². The van der Waals surface area contributed by atoms with E-state index in [9.17, 15) is 20.0 Å². The van der Waals surface area contributed by atoms with E-state index < -0.39 is 10.8 Å². The molecule has 8 nitrogen and oxygen atoms in total. The smallest absolute Gasteiger partial charge is 0.271 e. The van der Waals surface area contributed by atoms with E-state index in [-0.39, 0.29) is 28.0 Å². The topological polar surface area (TPSA) is 117 Å². The standard InChI is InChI=1S/C16H15BrN4O4/c1-10-2-4-12(5-3-10)18-9-15(22)20-19-8-11-6-13(21(24)25)7-14(17)16(11)23/h2-8,18,23H,9H2,1H3,(H,20,22)/b19-8+. The molecule has 2 aromatic carbocycles. The molecule has 0 aliphatic heterocycles. The number of carbonyl (C=O) groups excluding carboxylic acids is 1. The first-order valence-corrected chi connectivity index (χ1v) is 7.95. The van der Waals surface area contributed by atoms with Gasteiger partial charge in [0.15, 0.2) is 0 Å². The molecule has 0 aromatic heterocycles. The van der Waals surface area contributed by atoms with Crippen LogP contribution in [0.1, 0.15) is 11.1 Å². The van der Waals surface area contributed by atoms with Gasteiger partial charge in [0, 0.05) is 23.4 Å². The predicted octanol–water partition coefficient (Wildman–Crippen LogP) is 2.93. The van der Waals surface area contributed by atoms with Gasteiger partial charge in [-0.15, -0.1) is 0 Å². The van der Waals surface area contributed by atoms with Crippen LogP contribution in [0.25, 0.3) is 0 Å². The Balaban J connectivity index is 1.95. The summed E-state index contributed by atoms with van der Waals surface area (Å²) in [6, 6.07) is 9.87. The number of phenolic OH excluding ortho intramolecular Hbond substituents is 1. The second kappa shape index (κ2) is 8.25. The number of aromatic hydroxyl groups is 1. The van der Waals surface area contributed by atoms with Crippen LogP contribution in [0.3, 0.4) is 0 Å². The Kier molecular flexibility index (Phi) is 6.07. The van der Waals surface area contributed by atoms with Gasteiger partial charge in [0.05, 0.1) is 22.2 Å². The molecule has 1 amide bonds. The summed E-state index contributed by atoms with van der Waals surface area (Å²) >= 11 is 3.03. The highest BCUT2D eigenvalue weighted by atomic mass is 79.9. The molecule has 0 spiro atoms. The van der Waals surface area contributed by atoms with Crippen LogP contribution < -0.4 is 10.7 Å². The van der Waals surface area contributed by atoms with Gasteiger partial charge < -0.3 is 10.4 Å². The Morgan fingerprint density at radius 1 is 1.36 bits per heavy atom. The van der Waals surface area contributed by atoms with Crippen LogP contribution in [0.4, 0.5) is 11.4 Å². The molecule has 0 heterocycles. The van der Waals surface area contributed by atoms with Crippen molar-refractivity contribution in [3.05, 3.63) is 62.1 Å². The monoisotopic (exact) mass is 406 g/mol. The van der Waals surface area contributed by atoms with Gasteiger partial charge in [-0.3, -0.25) is 14.9 Å². The molecule has 0 unspecified atom stereocenters. The Morgan fingerprint density at radius 3 is 2.68 bits per heavy atom. The number of hydrogen-bond donors (Lipinski definition) is 3. The maximum absolute atomic E-state index is 11.7. The van der Waals surface area contributed by atoms with Crippen LogP contribution in [-0.4, -0.2) is 28.7 Å². The van der Waals surface area contributed by atoms with Gasteiger partial charge in [0.1, 0.15) is 5.75 Å². The maximum Gasteiger partial charge on any atom is 0.271 e. The normalized spacial score (nSPS) is 10.6. The van der Waals surface area contributed by atoms with Gasteiger partial charge in [0.2, 0.25) is 0 Å². The first-order valence-electron chi connectivity index (χ1n) is 7.16. The number of nitro groups is 1. The largest absolute Gasteiger partial charge is 0.506 e. The summed E-state index contributed by atoms with van der Waals surface area (Å²) in [4.78, 5) is 22.0. The van der Waals surface area contributed by atoms with Crippen molar-refractivity contribution in [1.29, 1.82) is 0 Å². The molecule has 0 aliphatic rings. The highest BCUT2D eigenvalue weighted by Crippen LogP contribution is 2.31. The molecule has 25 heavy (non-hydrogen) atoms. The zero-order valence-corrected chi connectivity index (χ0v) is 14.8. The predicted molar refractivity (Wildman–Crippen MR) is 97.9 cm³/mol. The molecule has 0 fully saturated rings. The summed E-state index contributed by atoms with van der Waals surface area (Å²) in [5.41, 5.74) is 4.08. The molecule has 0 aliphatic carbocycles. The van der Waals surface area contributed by atoms with Crippen LogP contribution in [0, 0.1) is 17.0 Å². The minimum Gasteiger partial charge on any atom is -0.506 e. The highest BCUT2D eigenvalue weighted by molar-refractivity contribution is 9.10. The van der Waals surface area contributed by atoms with Gasteiger partial charge in [0.25, 0.3) is 11.6 Å². The molecule has 0 atom stereocenters. The summed E-state index contributed by atoms with van der Waals surface area (Å²) in [6.07, 6.45) is 1.14. The number of non-ortho nitro benzene ring substituents is 1. The fourth-order valence-corrected chi connectivity index (χ4v) is 2.34. The van der Waals surface area contributed by atoms with Crippen LogP contribution >= 0.6 is 15.9 Å². The molecule has 2 aromatic rings. The van der Waals surface area contributed by atoms with E-state index >= 15 is 0 Å². The number of carbonyl (C=O) groups is 1. The summed E-state index contributed by atoms with van der Waals surface area (Å²) in [5, 5.41) is 27.3. The number of phenols is 1. The zero-order chi connectivity index (χ0) is 18.4. The van der Waals surface area contributed by atoms with Crippen LogP contribution in [0.15, 0.2) is 46.0 Å². The minimum atomic E-state index is -0.592. The Bertz CT molecular complexity index is 822. The molecule has 3 N–H and O–H groups in total. The van der Waals surface area contributed by atoms with Gasteiger partial charge in [-0.1, -0.05) is 17.7 Å². The number of anilines is 1. The van der Waals surface area contributed by atoms with Crippen LogP contribution in [0.2, 0.25) is 0 Å². The first kappa shape index (κ1) is 18.4. The van der Waals surface area contributed by atoms with E-state index in [0.29, 0.717) is 0 Å². The molecule has 0 saturated carbocycles. The molecule has 9 heteroatoms. The van der Waals surface area contributed by atoms with Gasteiger partial charge in [-0.25, -0.2) is 5.43 Å². The number of halogens is 1. The lowest BCUT2D eigenvalue weighted by molar-refractivity contribution is -0.385. The molecule has 2 rings (SSSR count). The Morgan fingerprint density at radius 2 is 2.04 bits per heavy atom. The lowest BCUT2D eigenvalue weighted by Crippen LogP contribution is -2.25. The van der Waals surface area contributed by atoms with Crippen molar-refractivity contribution >= 4 is 39.4 Å². The van der Waals surface area contributed by atoms with Gasteiger partial charge >= 0.3 is 0 Å². The molecular weight excluding hydrogens is 392 g/mol. The number of aryl methyl sites for hydroxylation is 1. The van der Waals surface area contributed by atoms with Crippen molar-refractivity contribution in [2.75, 3.05) is 11.9 Å². The van der Waals surface area contributed by atoms with Crippen molar-refractivity contribution in [1.82, 2.24) is 5.43 Å². The van der Waals surface area contributed by atoms with E-state index in [2.05, 4.69) is 31.8 Å². The van der Waals surface area contributed by atoms with Crippen molar-refractivity contribution in [2.45, 2.75) is 6.92 Å². The fourth-order valence-electron chi connectivity index (χ4n) is 1.88. The molecule has 0 saturated heterocycles. The second-order valence-electron chi connectivity index (χ2n) is 5.14. The summed E-state index contributed by atoms with van der Waals surface area (Å²) < 4.78 is 0.163. The van der Waals surface area contributed by atoms with E-state index in [0.717, 1.165) is 23.5 Å². The molecule has 0 radical (unpaired) electrons. The number of nitro benzene ring substituents is 1. The minimum absolute atomic E-state index is 0.00498. The highest BCUT2D eigenvalue weighted by Gasteiger charge is 2.13. The third kappa shape index (κ3) is 5.28. The van der Waals surface area contributed by atoms with Crippen molar-refractivity contribution in [2.24, 2.45) is 5.10 Å². The summed E-state index contributed by atoms with van der Waals surface area (Å²) in [6.45, 7) is 1.97. The summed E-state index contributed by atoms with van der Waals surface area (Å²) in [5.74, 6) is -0.609. The van der Waals surface area contributed by atoms with Gasteiger partial charge in [-0.2, -0.15) is 5.10 Å². The van der Waals surface area contributed by atoms with E-state index in [1.54, 1.807) is 0 Å². The molecular formula is C16H15BrN4O4. The average Bonchev–Trinajstić information content (AvgIpc) is 2.57.